The molecule has 144 valence electrons. The van der Waals surface area contributed by atoms with Gasteiger partial charge >= 0.3 is 6.09 Å². The average Bonchev–Trinajstić information content (AvgIpc) is 3.33. The van der Waals surface area contributed by atoms with Gasteiger partial charge in [0.15, 0.2) is 5.82 Å². The summed E-state index contributed by atoms with van der Waals surface area (Å²) in [7, 11) is 0. The first kappa shape index (κ1) is 18.9. The molecule has 0 spiro atoms. The van der Waals surface area contributed by atoms with Crippen molar-refractivity contribution in [3.05, 3.63) is 47.7 Å². The van der Waals surface area contributed by atoms with Gasteiger partial charge in [-0.1, -0.05) is 30.3 Å². The number of rotatable bonds is 6. The van der Waals surface area contributed by atoms with Crippen LogP contribution in [0.3, 0.4) is 0 Å². The number of alkyl carbamates (subject to hydrolysis) is 1. The SMILES string of the molecule is CC(C)(C)OC(=O)N[C@@H](Cc1ccccc1)C(=O)Nc1cc(C2CC2)[nH]n1. The highest BCUT2D eigenvalue weighted by molar-refractivity contribution is 5.96. The molecule has 0 unspecified atom stereocenters. The van der Waals surface area contributed by atoms with Crippen LogP contribution in [0.5, 0.6) is 0 Å². The zero-order valence-corrected chi connectivity index (χ0v) is 15.9. The second-order valence-electron chi connectivity index (χ2n) is 7.86. The summed E-state index contributed by atoms with van der Waals surface area (Å²) in [5.74, 6) is 0.646. The molecule has 0 aliphatic heterocycles. The number of hydrogen-bond donors (Lipinski definition) is 3. The van der Waals surface area contributed by atoms with E-state index in [9.17, 15) is 9.59 Å². The maximum absolute atomic E-state index is 12.8. The van der Waals surface area contributed by atoms with Crippen LogP contribution >= 0.6 is 0 Å². The van der Waals surface area contributed by atoms with E-state index >= 15 is 0 Å². The van der Waals surface area contributed by atoms with Gasteiger partial charge in [0, 0.05) is 24.1 Å². The molecule has 3 rings (SSSR count). The molecule has 0 saturated heterocycles. The Hall–Kier alpha value is -2.83. The molecule has 7 heteroatoms. The van der Waals surface area contributed by atoms with E-state index in [4.69, 9.17) is 4.74 Å². The lowest BCUT2D eigenvalue weighted by molar-refractivity contribution is -0.118. The molecule has 1 aromatic heterocycles. The number of carbonyl (C=O) groups excluding carboxylic acids is 2. The van der Waals surface area contributed by atoms with Gasteiger partial charge in [0.25, 0.3) is 0 Å². The number of amides is 2. The predicted molar refractivity (Wildman–Crippen MR) is 102 cm³/mol. The van der Waals surface area contributed by atoms with Gasteiger partial charge in [0.1, 0.15) is 11.6 Å². The quantitative estimate of drug-likeness (QED) is 0.726. The first-order chi connectivity index (χ1) is 12.8. The van der Waals surface area contributed by atoms with Crippen LogP contribution in [0.2, 0.25) is 0 Å². The molecule has 1 aliphatic carbocycles. The summed E-state index contributed by atoms with van der Waals surface area (Å²) in [5, 5.41) is 12.6. The van der Waals surface area contributed by atoms with Crippen molar-refractivity contribution >= 4 is 17.8 Å². The van der Waals surface area contributed by atoms with E-state index in [1.807, 2.05) is 36.4 Å². The molecule has 1 aliphatic rings. The highest BCUT2D eigenvalue weighted by Crippen LogP contribution is 2.39. The van der Waals surface area contributed by atoms with Gasteiger partial charge < -0.3 is 15.4 Å². The number of carbonyl (C=O) groups is 2. The average molecular weight is 370 g/mol. The van der Waals surface area contributed by atoms with Gasteiger partial charge in [0.2, 0.25) is 5.91 Å². The minimum Gasteiger partial charge on any atom is -0.444 e. The van der Waals surface area contributed by atoms with Crippen LogP contribution in [-0.4, -0.2) is 33.8 Å². The van der Waals surface area contributed by atoms with Gasteiger partial charge in [0.05, 0.1) is 0 Å². The number of anilines is 1. The number of aromatic nitrogens is 2. The lowest BCUT2D eigenvalue weighted by Crippen LogP contribution is -2.47. The Morgan fingerprint density at radius 2 is 1.96 bits per heavy atom. The third-order valence-electron chi connectivity index (χ3n) is 4.16. The van der Waals surface area contributed by atoms with E-state index in [0.29, 0.717) is 18.2 Å². The molecule has 2 amide bonds. The largest absolute Gasteiger partial charge is 0.444 e. The number of H-pyrrole nitrogens is 1. The van der Waals surface area contributed by atoms with E-state index in [1.165, 1.54) is 0 Å². The van der Waals surface area contributed by atoms with E-state index in [-0.39, 0.29) is 5.91 Å². The molecular weight excluding hydrogens is 344 g/mol. The van der Waals surface area contributed by atoms with E-state index in [0.717, 1.165) is 24.1 Å². The number of ether oxygens (including phenoxy) is 1. The monoisotopic (exact) mass is 370 g/mol. The van der Waals surface area contributed by atoms with Crippen molar-refractivity contribution in [3.63, 3.8) is 0 Å². The van der Waals surface area contributed by atoms with Crippen molar-refractivity contribution in [2.75, 3.05) is 5.32 Å². The Kier molecular flexibility index (Phi) is 5.48. The Morgan fingerprint density at radius 1 is 1.26 bits per heavy atom. The molecule has 1 saturated carbocycles. The second-order valence-corrected chi connectivity index (χ2v) is 7.86. The van der Waals surface area contributed by atoms with E-state index in [1.54, 1.807) is 20.8 Å². The molecule has 1 aromatic carbocycles. The Morgan fingerprint density at radius 3 is 2.59 bits per heavy atom. The number of aromatic amines is 1. The van der Waals surface area contributed by atoms with Gasteiger partial charge in [-0.3, -0.25) is 9.89 Å². The Labute approximate surface area is 158 Å². The fourth-order valence-corrected chi connectivity index (χ4v) is 2.73. The number of hydrogen-bond acceptors (Lipinski definition) is 4. The molecule has 1 atom stereocenters. The van der Waals surface area contributed by atoms with Gasteiger partial charge in [-0.05, 0) is 39.2 Å². The summed E-state index contributed by atoms with van der Waals surface area (Å²) in [4.78, 5) is 25.0. The highest BCUT2D eigenvalue weighted by Gasteiger charge is 2.28. The molecule has 7 nitrogen and oxygen atoms in total. The summed E-state index contributed by atoms with van der Waals surface area (Å²) in [6.45, 7) is 5.34. The van der Waals surface area contributed by atoms with Crippen molar-refractivity contribution < 1.29 is 14.3 Å². The number of nitrogens with zero attached hydrogens (tertiary/aromatic N) is 1. The topological polar surface area (TPSA) is 96.1 Å². The number of benzene rings is 1. The fourth-order valence-electron chi connectivity index (χ4n) is 2.73. The molecule has 0 radical (unpaired) electrons. The predicted octanol–water partition coefficient (Wildman–Crippen LogP) is 3.36. The third-order valence-corrected chi connectivity index (χ3v) is 4.16. The third kappa shape index (κ3) is 5.84. The molecular formula is C20H26N4O3. The van der Waals surface area contributed by atoms with E-state index < -0.39 is 17.7 Å². The van der Waals surface area contributed by atoms with Crippen LogP contribution in [0.4, 0.5) is 10.6 Å². The van der Waals surface area contributed by atoms with Crippen LogP contribution in [0.1, 0.15) is 50.8 Å². The zero-order chi connectivity index (χ0) is 19.4. The maximum Gasteiger partial charge on any atom is 0.408 e. The number of nitrogens with one attached hydrogen (secondary N) is 3. The standard InChI is InChI=1S/C20H26N4O3/c1-20(2,3)27-19(26)21-16(11-13-7-5-4-6-8-13)18(25)22-17-12-15(23-24-17)14-9-10-14/h4-8,12,14,16H,9-11H2,1-3H3,(H,21,26)(H2,22,23,24,25)/t16-/m0/s1. The van der Waals surface area contributed by atoms with Crippen molar-refractivity contribution in [2.45, 2.75) is 57.6 Å². The normalized spacial score (nSPS) is 15.1. The Balaban J connectivity index is 1.68. The molecule has 3 N–H and O–H groups in total. The first-order valence-electron chi connectivity index (χ1n) is 9.20. The Bertz CT molecular complexity index is 791. The molecule has 27 heavy (non-hydrogen) atoms. The van der Waals surface area contributed by atoms with E-state index in [2.05, 4.69) is 20.8 Å². The van der Waals surface area contributed by atoms with Crippen molar-refractivity contribution in [3.8, 4) is 0 Å². The minimum atomic E-state index is -0.775. The van der Waals surface area contributed by atoms with Crippen molar-refractivity contribution in [1.82, 2.24) is 15.5 Å². The smallest absolute Gasteiger partial charge is 0.408 e. The van der Waals surface area contributed by atoms with Crippen LogP contribution in [0.25, 0.3) is 0 Å². The fraction of sp³-hybridized carbons (Fsp3) is 0.450. The molecule has 1 fully saturated rings. The summed E-state index contributed by atoms with van der Waals surface area (Å²) in [5.41, 5.74) is 1.33. The maximum atomic E-state index is 12.8. The summed E-state index contributed by atoms with van der Waals surface area (Å²) >= 11 is 0. The van der Waals surface area contributed by atoms with Crippen LogP contribution in [-0.2, 0) is 16.0 Å². The first-order valence-corrected chi connectivity index (χ1v) is 9.20. The summed E-state index contributed by atoms with van der Waals surface area (Å²) < 4.78 is 5.30. The van der Waals surface area contributed by atoms with Gasteiger partial charge in [-0.25, -0.2) is 4.79 Å². The van der Waals surface area contributed by atoms with Gasteiger partial charge in [-0.15, -0.1) is 0 Å². The zero-order valence-electron chi connectivity index (χ0n) is 15.9. The van der Waals surface area contributed by atoms with Crippen LogP contribution in [0, 0.1) is 0 Å². The second kappa shape index (κ2) is 7.82. The molecule has 0 bridgehead atoms. The summed E-state index contributed by atoms with van der Waals surface area (Å²) in [6, 6.07) is 10.6. The van der Waals surface area contributed by atoms with Crippen LogP contribution in [0.15, 0.2) is 36.4 Å². The van der Waals surface area contributed by atoms with Crippen LogP contribution < -0.4 is 10.6 Å². The minimum absolute atomic E-state index is 0.335. The lowest BCUT2D eigenvalue weighted by Gasteiger charge is -2.23. The summed E-state index contributed by atoms with van der Waals surface area (Å²) in [6.07, 6.45) is 2.02. The van der Waals surface area contributed by atoms with Gasteiger partial charge in [-0.2, -0.15) is 5.10 Å². The van der Waals surface area contributed by atoms with Crippen molar-refractivity contribution in [2.24, 2.45) is 0 Å². The molecule has 2 aromatic rings. The van der Waals surface area contributed by atoms with Crippen molar-refractivity contribution in [1.29, 1.82) is 0 Å². The lowest BCUT2D eigenvalue weighted by atomic mass is 10.1. The molecule has 1 heterocycles. The highest BCUT2D eigenvalue weighted by atomic mass is 16.6.